The molecule has 3 heterocycles. The Hall–Kier alpha value is -3.42. The second-order valence-electron chi connectivity index (χ2n) is 6.20. The molecule has 3 N–H and O–H groups in total. The Labute approximate surface area is 180 Å². The molecule has 3 aromatic rings. The van der Waals surface area contributed by atoms with Gasteiger partial charge >= 0.3 is 0 Å². The first-order chi connectivity index (χ1) is 14.9. The number of carbonyl (C=O) groups excluding carboxylic acids is 2. The number of anilines is 1. The monoisotopic (exact) mass is 457 g/mol. The highest BCUT2D eigenvalue weighted by molar-refractivity contribution is 8.18. The molecule has 2 aromatic heterocycles. The number of hydrogen-bond acceptors (Lipinski definition) is 10. The molecule has 158 valence electrons. The summed E-state index contributed by atoms with van der Waals surface area (Å²) in [7, 11) is -3.74. The maximum absolute atomic E-state index is 12.7. The van der Waals surface area contributed by atoms with Crippen molar-refractivity contribution in [3.05, 3.63) is 53.7 Å². The van der Waals surface area contributed by atoms with E-state index in [4.69, 9.17) is 0 Å². The molecule has 0 radical (unpaired) electrons. The fraction of sp³-hybridized carbons (Fsp3) is 0.111. The summed E-state index contributed by atoms with van der Waals surface area (Å²) in [5, 5.41) is 5.88. The van der Waals surface area contributed by atoms with Gasteiger partial charge in [0.25, 0.3) is 11.1 Å². The summed E-state index contributed by atoms with van der Waals surface area (Å²) in [4.78, 5) is 39.2. The highest BCUT2D eigenvalue weighted by Crippen LogP contribution is 2.24. The number of nitrogens with one attached hydrogen (secondary N) is 3. The molecule has 1 aliphatic rings. The zero-order valence-electron chi connectivity index (χ0n) is 15.8. The van der Waals surface area contributed by atoms with Crippen LogP contribution in [-0.2, 0) is 14.8 Å². The Morgan fingerprint density at radius 2 is 2.00 bits per heavy atom. The number of pyridine rings is 1. The molecular weight excluding hydrogens is 442 g/mol. The first-order valence-electron chi connectivity index (χ1n) is 8.92. The molecule has 2 amide bonds. The molecule has 0 unspecified atom stereocenters. The van der Waals surface area contributed by atoms with Crippen LogP contribution in [0.4, 0.5) is 10.7 Å². The normalized spacial score (nSPS) is 15.4. The van der Waals surface area contributed by atoms with Gasteiger partial charge in [-0.25, -0.2) is 23.1 Å². The molecule has 0 saturated carbocycles. The molecular formula is C18H15N7O4S2. The number of sulfonamides is 1. The number of amides is 2. The van der Waals surface area contributed by atoms with Crippen LogP contribution in [-0.4, -0.2) is 52.6 Å². The van der Waals surface area contributed by atoms with Gasteiger partial charge in [-0.1, -0.05) is 12.1 Å². The summed E-state index contributed by atoms with van der Waals surface area (Å²) >= 11 is 0.757. The van der Waals surface area contributed by atoms with E-state index in [2.05, 4.69) is 35.3 Å². The van der Waals surface area contributed by atoms with E-state index in [1.54, 1.807) is 30.6 Å². The van der Waals surface area contributed by atoms with Crippen molar-refractivity contribution in [1.82, 2.24) is 30.0 Å². The minimum atomic E-state index is -3.74. The Morgan fingerprint density at radius 3 is 2.81 bits per heavy atom. The van der Waals surface area contributed by atoms with Gasteiger partial charge in [0.2, 0.25) is 16.0 Å². The first-order valence-corrected chi connectivity index (χ1v) is 11.2. The van der Waals surface area contributed by atoms with Gasteiger partial charge in [0.15, 0.2) is 5.82 Å². The molecule has 1 saturated heterocycles. The summed E-state index contributed by atoms with van der Waals surface area (Å²) in [5.74, 6) is -0.120. The van der Waals surface area contributed by atoms with E-state index in [9.17, 15) is 18.0 Å². The molecule has 0 spiro atoms. The minimum absolute atomic E-state index is 0.0820. The second-order valence-corrected chi connectivity index (χ2v) is 8.95. The van der Waals surface area contributed by atoms with Gasteiger partial charge in [0.1, 0.15) is 6.33 Å². The first kappa shape index (κ1) is 20.8. The number of aromatic nitrogens is 4. The molecule has 1 aromatic carbocycles. The van der Waals surface area contributed by atoms with Crippen LogP contribution in [0.2, 0.25) is 0 Å². The lowest BCUT2D eigenvalue weighted by molar-refractivity contribution is -0.115. The van der Waals surface area contributed by atoms with E-state index in [-0.39, 0.29) is 34.7 Å². The number of carbonyl (C=O) groups is 2. The number of benzene rings is 1. The molecule has 31 heavy (non-hydrogen) atoms. The van der Waals surface area contributed by atoms with Crippen LogP contribution >= 0.6 is 11.8 Å². The van der Waals surface area contributed by atoms with Gasteiger partial charge in [-0.05, 0) is 23.9 Å². The minimum Gasteiger partial charge on any atom is -0.353 e. The molecule has 0 atom stereocenters. The predicted octanol–water partition coefficient (Wildman–Crippen LogP) is 1.13. The highest BCUT2D eigenvalue weighted by atomic mass is 32.2. The molecule has 0 bridgehead atoms. The second kappa shape index (κ2) is 8.75. The quantitative estimate of drug-likeness (QED) is 0.347. The molecule has 11 nitrogen and oxygen atoms in total. The van der Waals surface area contributed by atoms with E-state index in [1.165, 1.54) is 18.5 Å². The smallest absolute Gasteiger partial charge is 0.290 e. The number of nitrogens with zero attached hydrogens (tertiary/aromatic N) is 4. The summed E-state index contributed by atoms with van der Waals surface area (Å²) in [5.41, 5.74) is 0. The van der Waals surface area contributed by atoms with Crippen molar-refractivity contribution in [3.63, 3.8) is 0 Å². The number of rotatable bonds is 7. The number of thioether (sulfide) groups is 1. The Balaban J connectivity index is 1.38. The van der Waals surface area contributed by atoms with Crippen LogP contribution in [0.3, 0.4) is 0 Å². The third kappa shape index (κ3) is 4.84. The standard InChI is InChI=1S/C18H15N7O4S2/c26-16-13(30-18(27)25-16)8-15-21-10-22-17(24-15)20-6-7-23-31(28,29)14-3-1-2-11-9-19-5-4-12(11)14/h1-5,8-10,23H,6-7H2,(H,25,26,27)(H,20,21,22,24)/b13-8-. The average molecular weight is 457 g/mol. The van der Waals surface area contributed by atoms with Crippen molar-refractivity contribution in [1.29, 1.82) is 0 Å². The largest absolute Gasteiger partial charge is 0.353 e. The van der Waals surface area contributed by atoms with Crippen LogP contribution in [0.1, 0.15) is 5.82 Å². The van der Waals surface area contributed by atoms with Crippen molar-refractivity contribution < 1.29 is 18.0 Å². The SMILES string of the molecule is O=C1NC(=O)/C(=C/c2ncnc(NCCNS(=O)(=O)c3cccc4cnccc34)n2)S1. The van der Waals surface area contributed by atoms with E-state index in [1.807, 2.05) is 0 Å². The Bertz CT molecular complexity index is 1310. The van der Waals surface area contributed by atoms with Gasteiger partial charge < -0.3 is 5.32 Å². The van der Waals surface area contributed by atoms with Crippen molar-refractivity contribution in [2.24, 2.45) is 0 Å². The zero-order valence-corrected chi connectivity index (χ0v) is 17.4. The van der Waals surface area contributed by atoms with E-state index >= 15 is 0 Å². The van der Waals surface area contributed by atoms with Gasteiger partial charge in [-0.3, -0.25) is 19.9 Å². The van der Waals surface area contributed by atoms with Crippen LogP contribution < -0.4 is 15.4 Å². The average Bonchev–Trinajstić information content (AvgIpc) is 3.07. The van der Waals surface area contributed by atoms with Gasteiger partial charge in [0.05, 0.1) is 9.80 Å². The topological polar surface area (TPSA) is 156 Å². The maximum atomic E-state index is 12.7. The number of hydrogen-bond donors (Lipinski definition) is 3. The summed E-state index contributed by atoms with van der Waals surface area (Å²) in [6, 6.07) is 6.64. The van der Waals surface area contributed by atoms with Crippen molar-refractivity contribution >= 4 is 55.7 Å². The third-order valence-electron chi connectivity index (χ3n) is 4.12. The lowest BCUT2D eigenvalue weighted by Crippen LogP contribution is -2.29. The Morgan fingerprint density at radius 1 is 1.13 bits per heavy atom. The summed E-state index contributed by atoms with van der Waals surface area (Å²) in [6.07, 6.45) is 5.76. The lowest BCUT2D eigenvalue weighted by Gasteiger charge is -2.10. The lowest BCUT2D eigenvalue weighted by atomic mass is 10.2. The molecule has 4 rings (SSSR count). The molecule has 1 aliphatic heterocycles. The fourth-order valence-electron chi connectivity index (χ4n) is 2.77. The van der Waals surface area contributed by atoms with Crippen molar-refractivity contribution in [2.45, 2.75) is 4.90 Å². The fourth-order valence-corrected chi connectivity index (χ4v) is 4.68. The summed E-state index contributed by atoms with van der Waals surface area (Å²) < 4.78 is 27.9. The van der Waals surface area contributed by atoms with E-state index < -0.39 is 21.2 Å². The van der Waals surface area contributed by atoms with Gasteiger partial charge in [-0.15, -0.1) is 0 Å². The summed E-state index contributed by atoms with van der Waals surface area (Å²) in [6.45, 7) is 0.290. The van der Waals surface area contributed by atoms with E-state index in [0.29, 0.717) is 5.39 Å². The van der Waals surface area contributed by atoms with Crippen molar-refractivity contribution in [2.75, 3.05) is 18.4 Å². The van der Waals surface area contributed by atoms with E-state index in [0.717, 1.165) is 17.1 Å². The molecule has 1 fully saturated rings. The highest BCUT2D eigenvalue weighted by Gasteiger charge is 2.25. The number of fused-ring (bicyclic) bond motifs is 1. The zero-order chi connectivity index (χ0) is 21.8. The van der Waals surface area contributed by atoms with Crippen LogP contribution in [0.15, 0.2) is 52.8 Å². The van der Waals surface area contributed by atoms with Gasteiger partial charge in [-0.2, -0.15) is 4.98 Å². The van der Waals surface area contributed by atoms with Crippen LogP contribution in [0.25, 0.3) is 16.8 Å². The third-order valence-corrected chi connectivity index (χ3v) is 6.45. The van der Waals surface area contributed by atoms with Crippen LogP contribution in [0.5, 0.6) is 0 Å². The Kier molecular flexibility index (Phi) is 5.88. The molecule has 13 heteroatoms. The number of imide groups is 1. The van der Waals surface area contributed by atoms with Crippen molar-refractivity contribution in [3.8, 4) is 0 Å². The van der Waals surface area contributed by atoms with Gasteiger partial charge in [0, 0.05) is 42.3 Å². The maximum Gasteiger partial charge on any atom is 0.290 e. The molecule has 0 aliphatic carbocycles. The van der Waals surface area contributed by atoms with Crippen LogP contribution in [0, 0.1) is 0 Å². The predicted molar refractivity (Wildman–Crippen MR) is 114 cm³/mol.